The Hall–Kier alpha value is -5.01. The predicted molar refractivity (Wildman–Crippen MR) is 151 cm³/mol. The van der Waals surface area contributed by atoms with Crippen LogP contribution in [0.1, 0.15) is 30.5 Å². The summed E-state index contributed by atoms with van der Waals surface area (Å²) in [4.78, 5) is 10.1. The van der Waals surface area contributed by atoms with Crippen LogP contribution in [0.3, 0.4) is 0 Å². The van der Waals surface area contributed by atoms with Gasteiger partial charge in [0.15, 0.2) is 5.82 Å². The summed E-state index contributed by atoms with van der Waals surface area (Å²) < 4.78 is 6.27. The van der Waals surface area contributed by atoms with Crippen LogP contribution in [0, 0.1) is 11.3 Å². The van der Waals surface area contributed by atoms with Gasteiger partial charge < -0.3 is 4.74 Å². The van der Waals surface area contributed by atoms with Gasteiger partial charge in [-0.2, -0.15) is 5.26 Å². The average molecular weight is 490 g/mol. The second-order valence-electron chi connectivity index (χ2n) is 10.2. The highest BCUT2D eigenvalue weighted by Gasteiger charge is 2.36. The molecule has 2 heterocycles. The van der Waals surface area contributed by atoms with Crippen molar-refractivity contribution in [2.75, 3.05) is 0 Å². The highest BCUT2D eigenvalue weighted by molar-refractivity contribution is 6.03. The van der Waals surface area contributed by atoms with Crippen LogP contribution in [0.15, 0.2) is 103 Å². The third-order valence-corrected chi connectivity index (χ3v) is 7.56. The van der Waals surface area contributed by atoms with Gasteiger partial charge in [0.05, 0.1) is 16.8 Å². The molecule has 0 fully saturated rings. The molecule has 0 unspecified atom stereocenters. The number of ether oxygens (including phenoxy) is 1. The van der Waals surface area contributed by atoms with Gasteiger partial charge in [-0.25, -0.2) is 9.97 Å². The molecule has 1 aromatic heterocycles. The number of hydrogen-bond acceptors (Lipinski definition) is 4. The van der Waals surface area contributed by atoms with Crippen molar-refractivity contribution in [2.24, 2.45) is 0 Å². The zero-order valence-corrected chi connectivity index (χ0v) is 21.1. The van der Waals surface area contributed by atoms with Crippen LogP contribution in [-0.2, 0) is 5.41 Å². The van der Waals surface area contributed by atoms with E-state index >= 15 is 0 Å². The minimum absolute atomic E-state index is 0.360. The number of nitrogens with zero attached hydrogens (tertiary/aromatic N) is 3. The number of fused-ring (bicyclic) bond motifs is 4. The molecule has 4 nitrogen and oxygen atoms in total. The molecule has 0 N–H and O–H groups in total. The summed E-state index contributed by atoms with van der Waals surface area (Å²) in [5.41, 5.74) is 5.74. The molecule has 0 radical (unpaired) electrons. The maximum atomic E-state index is 10.1. The van der Waals surface area contributed by atoms with Crippen molar-refractivity contribution in [1.82, 2.24) is 9.97 Å². The summed E-state index contributed by atoms with van der Waals surface area (Å²) in [6.45, 7) is 4.34. The van der Waals surface area contributed by atoms with Crippen molar-refractivity contribution in [3.63, 3.8) is 0 Å². The van der Waals surface area contributed by atoms with Crippen LogP contribution < -0.4 is 4.74 Å². The SMILES string of the molecule is CC1(C)c2ccccc2Oc2c(C#N)cc(-c3nc(-c4cccc5ccccc45)c4ccccc4n3)cc21. The van der Waals surface area contributed by atoms with E-state index in [1.165, 1.54) is 0 Å². The zero-order valence-electron chi connectivity index (χ0n) is 21.1. The van der Waals surface area contributed by atoms with E-state index in [-0.39, 0.29) is 5.41 Å². The highest BCUT2D eigenvalue weighted by atomic mass is 16.5. The van der Waals surface area contributed by atoms with E-state index in [4.69, 9.17) is 14.7 Å². The average Bonchev–Trinajstić information content (AvgIpc) is 2.96. The summed E-state index contributed by atoms with van der Waals surface area (Å²) in [5.74, 6) is 1.98. The zero-order chi connectivity index (χ0) is 25.9. The van der Waals surface area contributed by atoms with Gasteiger partial charge in [0, 0.05) is 33.1 Å². The molecule has 5 aromatic carbocycles. The second kappa shape index (κ2) is 8.26. The lowest BCUT2D eigenvalue weighted by Crippen LogP contribution is -2.25. The molecule has 180 valence electrons. The minimum atomic E-state index is -0.360. The first kappa shape index (κ1) is 22.2. The molecule has 0 aliphatic carbocycles. The van der Waals surface area contributed by atoms with E-state index in [1.54, 1.807) is 0 Å². The summed E-state index contributed by atoms with van der Waals surface area (Å²) in [5, 5.41) is 13.4. The molecular formula is C34H23N3O. The fourth-order valence-corrected chi connectivity index (χ4v) is 5.59. The first-order valence-electron chi connectivity index (χ1n) is 12.7. The first-order chi connectivity index (χ1) is 18.5. The predicted octanol–water partition coefficient (Wildman–Crippen LogP) is 8.42. The van der Waals surface area contributed by atoms with Crippen LogP contribution in [0.2, 0.25) is 0 Å². The molecule has 0 saturated heterocycles. The maximum Gasteiger partial charge on any atom is 0.160 e. The van der Waals surface area contributed by atoms with Gasteiger partial charge in [-0.3, -0.25) is 0 Å². The Morgan fingerprint density at radius 3 is 2.34 bits per heavy atom. The maximum absolute atomic E-state index is 10.1. The lowest BCUT2D eigenvalue weighted by molar-refractivity contribution is 0.417. The minimum Gasteiger partial charge on any atom is -0.455 e. The number of benzene rings is 5. The Balaban J connectivity index is 1.49. The van der Waals surface area contributed by atoms with E-state index in [0.29, 0.717) is 17.1 Å². The van der Waals surface area contributed by atoms with Gasteiger partial charge in [-0.1, -0.05) is 92.7 Å². The summed E-state index contributed by atoms with van der Waals surface area (Å²) >= 11 is 0. The van der Waals surface area contributed by atoms with Gasteiger partial charge in [0.1, 0.15) is 17.6 Å². The van der Waals surface area contributed by atoms with Gasteiger partial charge in [0.25, 0.3) is 0 Å². The van der Waals surface area contributed by atoms with E-state index in [1.807, 2.05) is 48.5 Å². The molecular weight excluding hydrogens is 466 g/mol. The number of para-hydroxylation sites is 2. The number of nitriles is 1. The molecule has 1 aliphatic rings. The molecule has 38 heavy (non-hydrogen) atoms. The summed E-state index contributed by atoms with van der Waals surface area (Å²) in [6.07, 6.45) is 0. The van der Waals surface area contributed by atoms with E-state index in [2.05, 4.69) is 74.5 Å². The van der Waals surface area contributed by atoms with Gasteiger partial charge in [0.2, 0.25) is 0 Å². The molecule has 0 bridgehead atoms. The van der Waals surface area contributed by atoms with E-state index in [9.17, 15) is 5.26 Å². The number of rotatable bonds is 2. The number of hydrogen-bond donors (Lipinski definition) is 0. The fraction of sp³-hybridized carbons (Fsp3) is 0.0882. The Morgan fingerprint density at radius 2 is 1.47 bits per heavy atom. The van der Waals surface area contributed by atoms with Crippen molar-refractivity contribution >= 4 is 21.7 Å². The van der Waals surface area contributed by atoms with E-state index < -0.39 is 0 Å². The standard InChI is InChI=1S/C34H23N3O/c1-34(2)27-15-6-8-17-30(27)38-32-23(20-35)18-22(19-28(32)34)33-36-29-16-7-5-13-26(29)31(37-33)25-14-9-11-21-10-3-4-12-24(21)25/h3-19H,1-2H3. The molecule has 4 heteroatoms. The van der Waals surface area contributed by atoms with Crippen molar-refractivity contribution in [3.05, 3.63) is 120 Å². The Morgan fingerprint density at radius 1 is 0.737 bits per heavy atom. The Bertz CT molecular complexity index is 1940. The number of aromatic nitrogens is 2. The third-order valence-electron chi connectivity index (χ3n) is 7.56. The van der Waals surface area contributed by atoms with Crippen LogP contribution in [0.5, 0.6) is 11.5 Å². The van der Waals surface area contributed by atoms with E-state index in [0.717, 1.165) is 55.4 Å². The molecule has 0 atom stereocenters. The van der Waals surface area contributed by atoms with Gasteiger partial charge in [-0.05, 0) is 35.0 Å². The molecule has 6 aromatic rings. The van der Waals surface area contributed by atoms with Crippen molar-refractivity contribution in [1.29, 1.82) is 5.26 Å². The van der Waals surface area contributed by atoms with Crippen LogP contribution in [0.4, 0.5) is 0 Å². The molecule has 0 spiro atoms. The first-order valence-corrected chi connectivity index (χ1v) is 12.7. The highest BCUT2D eigenvalue weighted by Crippen LogP contribution is 2.50. The fourth-order valence-electron chi connectivity index (χ4n) is 5.59. The Kier molecular flexibility index (Phi) is 4.83. The lowest BCUT2D eigenvalue weighted by Gasteiger charge is -2.35. The molecule has 7 rings (SSSR count). The topological polar surface area (TPSA) is 58.8 Å². The molecule has 0 amide bonds. The van der Waals surface area contributed by atoms with Gasteiger partial charge in [-0.15, -0.1) is 0 Å². The van der Waals surface area contributed by atoms with Crippen LogP contribution in [-0.4, -0.2) is 9.97 Å². The quantitative estimate of drug-likeness (QED) is 0.245. The van der Waals surface area contributed by atoms with Crippen LogP contribution >= 0.6 is 0 Å². The molecule has 1 aliphatic heterocycles. The van der Waals surface area contributed by atoms with Gasteiger partial charge >= 0.3 is 0 Å². The third kappa shape index (κ3) is 3.29. The van der Waals surface area contributed by atoms with Crippen molar-refractivity contribution in [3.8, 4) is 40.2 Å². The summed E-state index contributed by atoms with van der Waals surface area (Å²) in [7, 11) is 0. The Labute approximate surface area is 220 Å². The molecule has 0 saturated carbocycles. The summed E-state index contributed by atoms with van der Waals surface area (Å²) in [6, 6.07) is 37.1. The van der Waals surface area contributed by atoms with Crippen molar-refractivity contribution in [2.45, 2.75) is 19.3 Å². The van der Waals surface area contributed by atoms with Crippen molar-refractivity contribution < 1.29 is 4.74 Å². The van der Waals surface area contributed by atoms with Crippen LogP contribution in [0.25, 0.3) is 44.3 Å². The normalized spacial score (nSPS) is 13.4. The smallest absolute Gasteiger partial charge is 0.160 e. The second-order valence-corrected chi connectivity index (χ2v) is 10.2. The largest absolute Gasteiger partial charge is 0.455 e. The monoisotopic (exact) mass is 489 g/mol. The lowest BCUT2D eigenvalue weighted by atomic mass is 9.74.